The van der Waals surface area contributed by atoms with E-state index in [0.29, 0.717) is 0 Å². The highest BCUT2D eigenvalue weighted by Gasteiger charge is 2.28. The van der Waals surface area contributed by atoms with Crippen LogP contribution in [0.15, 0.2) is 144 Å². The van der Waals surface area contributed by atoms with Crippen molar-refractivity contribution in [2.24, 2.45) is 4.90 Å². The molecule has 9 rings (SSSR count). The van der Waals surface area contributed by atoms with Crippen molar-refractivity contribution in [3.63, 3.8) is 0 Å². The van der Waals surface area contributed by atoms with Gasteiger partial charge in [-0.1, -0.05) is 99.6 Å². The van der Waals surface area contributed by atoms with Gasteiger partial charge in [-0.25, -0.2) is 4.98 Å². The average molecular weight is 662 g/mol. The Morgan fingerprint density at radius 2 is 1.43 bits per heavy atom. The van der Waals surface area contributed by atoms with E-state index in [4.69, 9.17) is 14.4 Å². The molecule has 2 aromatic heterocycles. The van der Waals surface area contributed by atoms with Crippen molar-refractivity contribution in [1.82, 2.24) is 9.55 Å². The SMILES string of the molecule is CB1N=CC2=C(O1)C(c1cccc(Oc3ccc4c5ccccc5n(-c5cc(C(C)(C)C)ccn5)c4c3)c1)=Cc1ccccc1-c1ccccc12. The van der Waals surface area contributed by atoms with Gasteiger partial charge < -0.3 is 14.3 Å². The number of para-hydroxylation sites is 1. The first-order valence-corrected chi connectivity index (χ1v) is 17.5. The van der Waals surface area contributed by atoms with Crippen molar-refractivity contribution in [2.75, 3.05) is 0 Å². The van der Waals surface area contributed by atoms with Crippen molar-refractivity contribution in [3.8, 4) is 28.4 Å². The monoisotopic (exact) mass is 661 g/mol. The van der Waals surface area contributed by atoms with Crippen molar-refractivity contribution in [3.05, 3.63) is 162 Å². The zero-order valence-electron chi connectivity index (χ0n) is 29.1. The Bertz CT molecular complexity index is 2610. The van der Waals surface area contributed by atoms with Gasteiger partial charge >= 0.3 is 7.05 Å². The summed E-state index contributed by atoms with van der Waals surface area (Å²) in [5.41, 5.74) is 10.9. The summed E-state index contributed by atoms with van der Waals surface area (Å²) in [5.74, 6) is 3.18. The van der Waals surface area contributed by atoms with Crippen LogP contribution in [0.3, 0.4) is 0 Å². The highest BCUT2D eigenvalue weighted by Crippen LogP contribution is 2.43. The van der Waals surface area contributed by atoms with Crippen LogP contribution >= 0.6 is 0 Å². The van der Waals surface area contributed by atoms with Crippen LogP contribution in [-0.2, 0) is 10.1 Å². The van der Waals surface area contributed by atoms with Gasteiger partial charge in [0.15, 0.2) is 0 Å². The average Bonchev–Trinajstić information content (AvgIpc) is 3.47. The Balaban J connectivity index is 1.16. The molecule has 0 spiro atoms. The molecule has 1 aliphatic carbocycles. The zero-order valence-corrected chi connectivity index (χ0v) is 29.1. The van der Waals surface area contributed by atoms with Crippen molar-refractivity contribution < 1.29 is 9.39 Å². The minimum atomic E-state index is -0.300. The van der Waals surface area contributed by atoms with E-state index in [2.05, 4.69) is 152 Å². The van der Waals surface area contributed by atoms with E-state index in [-0.39, 0.29) is 12.5 Å². The van der Waals surface area contributed by atoms with Gasteiger partial charge in [0.25, 0.3) is 0 Å². The summed E-state index contributed by atoms with van der Waals surface area (Å²) >= 11 is 0. The van der Waals surface area contributed by atoms with Crippen LogP contribution < -0.4 is 4.74 Å². The van der Waals surface area contributed by atoms with E-state index in [1.165, 1.54) is 16.5 Å². The molecule has 3 heterocycles. The lowest BCUT2D eigenvalue weighted by molar-refractivity contribution is 0.464. The van der Waals surface area contributed by atoms with Crippen LogP contribution in [0.25, 0.3) is 56.0 Å². The maximum absolute atomic E-state index is 6.68. The summed E-state index contributed by atoms with van der Waals surface area (Å²) in [5, 5.41) is 2.33. The molecular weight excluding hydrogens is 625 g/mol. The standard InChI is InChI=1S/C45H36BN3O2/c1-45(2,3)31-22-23-47-43(26-31)49-41-19-10-9-18-37(41)38-21-20-33(27-42(38)49)50-32-14-11-13-29(24-32)39-25-30-12-5-6-15-34(30)35-16-7-8-17-36(35)40-28-48-46(4)51-44(39)40/h5-28H,1-4H3. The van der Waals surface area contributed by atoms with Crippen molar-refractivity contribution in [2.45, 2.75) is 33.0 Å². The van der Waals surface area contributed by atoms with Crippen LogP contribution in [0.5, 0.6) is 11.5 Å². The van der Waals surface area contributed by atoms with E-state index in [1.807, 2.05) is 31.4 Å². The maximum Gasteiger partial charge on any atom is 0.497 e. The Hall–Kier alpha value is -6.14. The van der Waals surface area contributed by atoms with Crippen molar-refractivity contribution in [1.29, 1.82) is 0 Å². The smallest absolute Gasteiger partial charge is 0.497 e. The van der Waals surface area contributed by atoms with Crippen LogP contribution in [-0.4, -0.2) is 22.8 Å². The second-order valence-electron chi connectivity index (χ2n) is 14.2. The third kappa shape index (κ3) is 5.44. The normalized spacial score (nSPS) is 14.0. The molecule has 7 aromatic rings. The molecule has 0 unspecified atom stereocenters. The molecule has 0 atom stereocenters. The topological polar surface area (TPSA) is 48.6 Å². The number of ether oxygens (including phenoxy) is 1. The fourth-order valence-electron chi connectivity index (χ4n) is 7.29. The van der Waals surface area contributed by atoms with Crippen LogP contribution in [0, 0.1) is 0 Å². The lowest BCUT2D eigenvalue weighted by Crippen LogP contribution is -2.19. The van der Waals surface area contributed by atoms with Gasteiger partial charge in [0.2, 0.25) is 0 Å². The summed E-state index contributed by atoms with van der Waals surface area (Å²) in [6.45, 7) is 8.66. The van der Waals surface area contributed by atoms with E-state index < -0.39 is 0 Å². The molecular formula is C45H36BN3O2. The highest BCUT2D eigenvalue weighted by molar-refractivity contribution is 6.52. The first-order valence-electron chi connectivity index (χ1n) is 17.5. The van der Waals surface area contributed by atoms with Gasteiger partial charge in [-0.15, -0.1) is 0 Å². The molecule has 0 fully saturated rings. The van der Waals surface area contributed by atoms with Gasteiger partial charge in [0.1, 0.15) is 23.1 Å². The van der Waals surface area contributed by atoms with Crippen LogP contribution in [0.4, 0.5) is 0 Å². The van der Waals surface area contributed by atoms with Crippen LogP contribution in [0.2, 0.25) is 6.82 Å². The number of fused-ring (bicyclic) bond motifs is 7. The number of hydrogen-bond acceptors (Lipinski definition) is 4. The van der Waals surface area contributed by atoms with E-state index in [9.17, 15) is 0 Å². The number of nitrogens with zero attached hydrogens (tertiary/aromatic N) is 3. The van der Waals surface area contributed by atoms with Gasteiger partial charge in [0, 0.05) is 40.4 Å². The first-order chi connectivity index (χ1) is 24.8. The van der Waals surface area contributed by atoms with Crippen molar-refractivity contribution >= 4 is 52.3 Å². The quantitative estimate of drug-likeness (QED) is 0.176. The summed E-state index contributed by atoms with van der Waals surface area (Å²) in [7, 11) is -0.300. The molecule has 2 aliphatic rings. The molecule has 51 heavy (non-hydrogen) atoms. The highest BCUT2D eigenvalue weighted by atomic mass is 16.5. The second kappa shape index (κ2) is 12.0. The van der Waals surface area contributed by atoms with Gasteiger partial charge in [0.05, 0.1) is 11.0 Å². The van der Waals surface area contributed by atoms with Gasteiger partial charge in [-0.2, -0.15) is 0 Å². The van der Waals surface area contributed by atoms with E-state index in [1.54, 1.807) is 0 Å². The minimum absolute atomic E-state index is 0.00254. The van der Waals surface area contributed by atoms with E-state index >= 15 is 0 Å². The Morgan fingerprint density at radius 1 is 0.686 bits per heavy atom. The summed E-state index contributed by atoms with van der Waals surface area (Å²) in [4.78, 5) is 9.51. The third-order valence-corrected chi connectivity index (χ3v) is 9.83. The number of benzene rings is 5. The molecule has 5 nitrogen and oxygen atoms in total. The zero-order chi connectivity index (χ0) is 34.7. The predicted octanol–water partition coefficient (Wildman–Crippen LogP) is 11.4. The third-order valence-electron chi connectivity index (χ3n) is 9.83. The first kappa shape index (κ1) is 30.9. The molecule has 0 saturated heterocycles. The molecule has 0 bridgehead atoms. The number of allylic oxidation sites excluding steroid dienone is 2. The molecule has 0 radical (unpaired) electrons. The molecule has 246 valence electrons. The fourth-order valence-corrected chi connectivity index (χ4v) is 7.29. The molecule has 0 N–H and O–H groups in total. The Kier molecular flexibility index (Phi) is 7.28. The molecule has 5 aromatic carbocycles. The molecule has 0 amide bonds. The lowest BCUT2D eigenvalue weighted by atomic mass is 9.81. The van der Waals surface area contributed by atoms with Crippen LogP contribution in [0.1, 0.15) is 43.0 Å². The summed E-state index contributed by atoms with van der Waals surface area (Å²) in [6, 6.07) is 44.4. The number of rotatable bonds is 4. The maximum atomic E-state index is 6.68. The minimum Gasteiger partial charge on any atom is -0.539 e. The lowest BCUT2D eigenvalue weighted by Gasteiger charge is -2.26. The molecule has 0 saturated carbocycles. The van der Waals surface area contributed by atoms with E-state index in [0.717, 1.165) is 72.9 Å². The summed E-state index contributed by atoms with van der Waals surface area (Å²) in [6.07, 6.45) is 6.10. The Morgan fingerprint density at radius 3 is 2.29 bits per heavy atom. The fraction of sp³-hybridized carbons (Fsp3) is 0.111. The molecule has 6 heteroatoms. The predicted molar refractivity (Wildman–Crippen MR) is 212 cm³/mol. The number of hydrogen-bond donors (Lipinski definition) is 0. The Labute approximate surface area is 298 Å². The van der Waals surface area contributed by atoms with Gasteiger partial charge in [-0.3, -0.25) is 4.57 Å². The molecule has 1 aliphatic heterocycles. The van der Waals surface area contributed by atoms with Gasteiger partial charge in [-0.05, 0) is 94.2 Å². The number of aromatic nitrogens is 2. The largest absolute Gasteiger partial charge is 0.539 e. The summed E-state index contributed by atoms with van der Waals surface area (Å²) < 4.78 is 15.5. The second-order valence-corrected chi connectivity index (χ2v) is 14.2. The number of pyridine rings is 1.